The number of aliphatic hydroxyl groups excluding tert-OH is 1. The zero-order chi connectivity index (χ0) is 23.2. The number of hydrogen-bond donors (Lipinski definition) is 3. The lowest BCUT2D eigenvalue weighted by Crippen LogP contribution is -2.57. The number of rotatable bonds is 5. The van der Waals surface area contributed by atoms with Crippen molar-refractivity contribution in [3.63, 3.8) is 0 Å². The molecular formula is C25H34N4O4. The summed E-state index contributed by atoms with van der Waals surface area (Å²) in [5, 5.41) is 14.5. The van der Waals surface area contributed by atoms with Gasteiger partial charge in [-0.25, -0.2) is 4.79 Å². The van der Waals surface area contributed by atoms with E-state index < -0.39 is 6.04 Å². The number of carbonyl (C=O) groups excluding carboxylic acids is 2. The predicted octanol–water partition coefficient (Wildman–Crippen LogP) is 2.92. The second-order valence-electron chi connectivity index (χ2n) is 9.76. The van der Waals surface area contributed by atoms with Crippen LogP contribution in [0.15, 0.2) is 18.2 Å². The largest absolute Gasteiger partial charge is 0.497 e. The van der Waals surface area contributed by atoms with E-state index in [1.807, 2.05) is 24.0 Å². The summed E-state index contributed by atoms with van der Waals surface area (Å²) >= 11 is 0. The molecule has 178 valence electrons. The molecule has 8 heteroatoms. The number of carbonyl (C=O) groups is 2. The minimum Gasteiger partial charge on any atom is -0.497 e. The van der Waals surface area contributed by atoms with Crippen LogP contribution in [0, 0.1) is 5.92 Å². The van der Waals surface area contributed by atoms with E-state index in [0.29, 0.717) is 26.2 Å². The van der Waals surface area contributed by atoms with Crippen molar-refractivity contribution in [3.05, 3.63) is 29.5 Å². The van der Waals surface area contributed by atoms with Gasteiger partial charge in [0.15, 0.2) is 0 Å². The van der Waals surface area contributed by atoms with Gasteiger partial charge in [-0.2, -0.15) is 0 Å². The molecule has 1 aromatic heterocycles. The SMILES string of the molecule is CCCNC(=O)N1CC2(CCN(C(=O)C3CC3)CC2)c2c([nH]c3cc(OC)ccc23)[C@H]1CO. The van der Waals surface area contributed by atoms with E-state index in [0.717, 1.165) is 54.5 Å². The molecule has 2 fully saturated rings. The van der Waals surface area contributed by atoms with Gasteiger partial charge in [0.1, 0.15) is 5.75 Å². The number of methoxy groups -OCH3 is 1. The lowest BCUT2D eigenvalue weighted by molar-refractivity contribution is -0.134. The Morgan fingerprint density at radius 1 is 1.27 bits per heavy atom. The molecule has 1 saturated carbocycles. The molecule has 2 aromatic rings. The van der Waals surface area contributed by atoms with Crippen LogP contribution in [0.4, 0.5) is 4.79 Å². The van der Waals surface area contributed by atoms with Crippen molar-refractivity contribution in [2.75, 3.05) is 39.9 Å². The molecule has 1 atom stereocenters. The number of amides is 3. The van der Waals surface area contributed by atoms with Gasteiger partial charge in [0.2, 0.25) is 5.91 Å². The fourth-order valence-electron chi connectivity index (χ4n) is 5.71. The summed E-state index contributed by atoms with van der Waals surface area (Å²) in [6.07, 6.45) is 4.47. The Bertz CT molecular complexity index is 1050. The maximum atomic E-state index is 13.2. The van der Waals surface area contributed by atoms with E-state index in [1.165, 1.54) is 5.56 Å². The Hall–Kier alpha value is -2.74. The maximum absolute atomic E-state index is 13.2. The fraction of sp³-hybridized carbons (Fsp3) is 0.600. The Kier molecular flexibility index (Phi) is 5.72. The third kappa shape index (κ3) is 3.74. The van der Waals surface area contributed by atoms with Crippen molar-refractivity contribution in [1.82, 2.24) is 20.1 Å². The summed E-state index contributed by atoms with van der Waals surface area (Å²) in [6.45, 7) is 4.40. The zero-order valence-electron chi connectivity index (χ0n) is 19.5. The number of urea groups is 1. The minimum absolute atomic E-state index is 0.145. The number of fused-ring (bicyclic) bond motifs is 4. The number of aromatic amines is 1. The van der Waals surface area contributed by atoms with Gasteiger partial charge < -0.3 is 29.9 Å². The molecule has 5 rings (SSSR count). The van der Waals surface area contributed by atoms with E-state index in [-0.39, 0.29) is 29.9 Å². The monoisotopic (exact) mass is 454 g/mol. The minimum atomic E-state index is -0.438. The van der Waals surface area contributed by atoms with Crippen molar-refractivity contribution in [3.8, 4) is 5.75 Å². The quantitative estimate of drug-likeness (QED) is 0.647. The van der Waals surface area contributed by atoms with Crippen LogP contribution < -0.4 is 10.1 Å². The maximum Gasteiger partial charge on any atom is 0.318 e. The molecule has 1 saturated heterocycles. The first kappa shape index (κ1) is 22.1. The van der Waals surface area contributed by atoms with Crippen molar-refractivity contribution in [2.24, 2.45) is 5.92 Å². The second-order valence-corrected chi connectivity index (χ2v) is 9.76. The fourth-order valence-corrected chi connectivity index (χ4v) is 5.71. The first-order chi connectivity index (χ1) is 16.0. The second kappa shape index (κ2) is 8.56. The number of aliphatic hydroxyl groups is 1. The predicted molar refractivity (Wildman–Crippen MR) is 125 cm³/mol. The first-order valence-corrected chi connectivity index (χ1v) is 12.2. The first-order valence-electron chi connectivity index (χ1n) is 12.2. The number of H-pyrrole nitrogens is 1. The van der Waals surface area contributed by atoms with Crippen molar-refractivity contribution in [2.45, 2.75) is 50.5 Å². The topological polar surface area (TPSA) is 97.9 Å². The Morgan fingerprint density at radius 3 is 2.67 bits per heavy atom. The van der Waals surface area contributed by atoms with Crippen molar-refractivity contribution in [1.29, 1.82) is 0 Å². The highest BCUT2D eigenvalue weighted by Crippen LogP contribution is 2.49. The van der Waals surface area contributed by atoms with Crippen LogP contribution in [-0.2, 0) is 10.2 Å². The summed E-state index contributed by atoms with van der Waals surface area (Å²) < 4.78 is 5.43. The van der Waals surface area contributed by atoms with E-state index in [4.69, 9.17) is 4.74 Å². The molecule has 1 aromatic carbocycles. The van der Waals surface area contributed by atoms with Gasteiger partial charge in [-0.1, -0.05) is 6.92 Å². The lowest BCUT2D eigenvalue weighted by atomic mass is 9.68. The van der Waals surface area contributed by atoms with Crippen LogP contribution in [0.3, 0.4) is 0 Å². The summed E-state index contributed by atoms with van der Waals surface area (Å²) in [6, 6.07) is 5.43. The highest BCUT2D eigenvalue weighted by molar-refractivity contribution is 5.89. The summed E-state index contributed by atoms with van der Waals surface area (Å²) in [5.74, 6) is 1.27. The third-order valence-corrected chi connectivity index (χ3v) is 7.67. The van der Waals surface area contributed by atoms with E-state index in [9.17, 15) is 14.7 Å². The van der Waals surface area contributed by atoms with Gasteiger partial charge in [-0.15, -0.1) is 0 Å². The van der Waals surface area contributed by atoms with E-state index in [2.05, 4.69) is 16.4 Å². The number of hydrogen-bond acceptors (Lipinski definition) is 4. The molecule has 8 nitrogen and oxygen atoms in total. The normalized spacial score (nSPS) is 21.8. The standard InChI is InChI=1S/C25H34N4O4/c1-3-10-26-24(32)29-15-25(8-11-28(12-9-25)23(31)16-4-5-16)21-18-7-6-17(33-2)13-19(18)27-22(21)20(29)14-30/h6-7,13,16,20,27,30H,3-5,8-12,14-15H2,1-2H3,(H,26,32)/t20-/m1/s1. The highest BCUT2D eigenvalue weighted by Gasteiger charge is 2.49. The number of piperidine rings is 1. The molecule has 0 bridgehead atoms. The smallest absolute Gasteiger partial charge is 0.318 e. The van der Waals surface area contributed by atoms with Gasteiger partial charge in [0, 0.05) is 60.2 Å². The van der Waals surface area contributed by atoms with E-state index >= 15 is 0 Å². The summed E-state index contributed by atoms with van der Waals surface area (Å²) in [4.78, 5) is 33.2. The van der Waals surface area contributed by atoms with Crippen LogP contribution in [0.2, 0.25) is 0 Å². The van der Waals surface area contributed by atoms with Crippen LogP contribution in [0.5, 0.6) is 5.75 Å². The molecule has 1 spiro atoms. The molecule has 3 heterocycles. The van der Waals surface area contributed by atoms with Crippen LogP contribution in [0.25, 0.3) is 10.9 Å². The van der Waals surface area contributed by atoms with Crippen LogP contribution >= 0.6 is 0 Å². The number of benzene rings is 1. The molecule has 1 aliphatic carbocycles. The van der Waals surface area contributed by atoms with Crippen molar-refractivity contribution >= 4 is 22.8 Å². The number of nitrogens with one attached hydrogen (secondary N) is 2. The van der Waals surface area contributed by atoms with E-state index in [1.54, 1.807) is 12.0 Å². The molecule has 3 N–H and O–H groups in total. The zero-order valence-corrected chi connectivity index (χ0v) is 19.5. The molecular weight excluding hydrogens is 420 g/mol. The number of likely N-dealkylation sites (tertiary alicyclic amines) is 1. The molecule has 33 heavy (non-hydrogen) atoms. The van der Waals surface area contributed by atoms with Crippen LogP contribution in [0.1, 0.15) is 56.3 Å². The molecule has 2 aliphatic heterocycles. The summed E-state index contributed by atoms with van der Waals surface area (Å²) in [7, 11) is 1.65. The number of ether oxygens (including phenoxy) is 1. The van der Waals surface area contributed by atoms with Gasteiger partial charge in [-0.05, 0) is 49.8 Å². The van der Waals surface area contributed by atoms with Gasteiger partial charge in [0.25, 0.3) is 0 Å². The average Bonchev–Trinajstić information content (AvgIpc) is 3.62. The Labute approximate surface area is 194 Å². The molecule has 3 amide bonds. The highest BCUT2D eigenvalue weighted by atomic mass is 16.5. The Balaban J connectivity index is 1.56. The van der Waals surface area contributed by atoms with Gasteiger partial charge in [0.05, 0.1) is 19.8 Å². The average molecular weight is 455 g/mol. The lowest BCUT2D eigenvalue weighted by Gasteiger charge is -2.50. The van der Waals surface area contributed by atoms with Crippen LogP contribution in [-0.4, -0.2) is 71.7 Å². The third-order valence-electron chi connectivity index (χ3n) is 7.67. The Morgan fingerprint density at radius 2 is 2.03 bits per heavy atom. The van der Waals surface area contributed by atoms with Gasteiger partial charge in [-0.3, -0.25) is 4.79 Å². The molecule has 0 radical (unpaired) electrons. The summed E-state index contributed by atoms with van der Waals surface area (Å²) in [5.41, 5.74) is 2.78. The number of aromatic nitrogens is 1. The number of nitrogens with zero attached hydrogens (tertiary/aromatic N) is 2. The van der Waals surface area contributed by atoms with Gasteiger partial charge >= 0.3 is 6.03 Å². The molecule has 0 unspecified atom stereocenters. The van der Waals surface area contributed by atoms with Crippen molar-refractivity contribution < 1.29 is 19.4 Å². The molecule has 3 aliphatic rings.